The molecule has 1 heterocycles. The molecular formula is C28H27N3O4. The number of rotatable bonds is 4. The number of benzene rings is 3. The van der Waals surface area contributed by atoms with Gasteiger partial charge in [0.15, 0.2) is 0 Å². The average molecular weight is 470 g/mol. The van der Waals surface area contributed by atoms with Gasteiger partial charge in [0.25, 0.3) is 11.8 Å². The smallest absolute Gasteiger partial charge is 0.265 e. The van der Waals surface area contributed by atoms with E-state index in [2.05, 4.69) is 11.8 Å². The van der Waals surface area contributed by atoms with Crippen molar-refractivity contribution in [2.75, 3.05) is 35.8 Å². The van der Waals surface area contributed by atoms with E-state index in [0.29, 0.717) is 56.5 Å². The van der Waals surface area contributed by atoms with Crippen LogP contribution >= 0.6 is 0 Å². The summed E-state index contributed by atoms with van der Waals surface area (Å²) in [4.78, 5) is 43.3. The minimum atomic E-state index is -1.17. The number of imide groups is 1. The molecule has 0 unspecified atom stereocenters. The van der Waals surface area contributed by atoms with E-state index in [1.54, 1.807) is 57.3 Å². The number of carbonyl (C=O) groups excluding carboxylic acids is 3. The van der Waals surface area contributed by atoms with E-state index >= 15 is 0 Å². The van der Waals surface area contributed by atoms with Crippen LogP contribution in [0.5, 0.6) is 0 Å². The van der Waals surface area contributed by atoms with Crippen LogP contribution in [0, 0.1) is 18.8 Å². The number of aryl methyl sites for hydroxylation is 1. The molecule has 3 aromatic carbocycles. The van der Waals surface area contributed by atoms with Gasteiger partial charge in [0.2, 0.25) is 6.41 Å². The number of hydrogen-bond donors (Lipinski definition) is 1. The van der Waals surface area contributed by atoms with Crippen LogP contribution in [0.3, 0.4) is 0 Å². The largest absolute Gasteiger partial charge is 0.378 e. The van der Waals surface area contributed by atoms with E-state index in [9.17, 15) is 19.5 Å². The second-order valence-corrected chi connectivity index (χ2v) is 9.38. The molecule has 0 atom stereocenters. The third kappa shape index (κ3) is 4.13. The van der Waals surface area contributed by atoms with E-state index in [-0.39, 0.29) is 0 Å². The van der Waals surface area contributed by atoms with Gasteiger partial charge in [-0.25, -0.2) is 4.90 Å². The van der Waals surface area contributed by atoms with E-state index < -0.39 is 17.4 Å². The van der Waals surface area contributed by atoms with Crippen molar-refractivity contribution in [1.82, 2.24) is 0 Å². The third-order valence-corrected chi connectivity index (χ3v) is 5.96. The normalized spacial score (nSPS) is 12.9. The standard InChI is InChI=1S/C28H27N3O4/c1-17-14-24(30(6)16-32)23(29(4)5)15-22(17)31-26(33)20-9-7-8-19-18(12-13-28(2,3)35)10-11-21(25(19)20)27(31)34/h7-11,14-16,35H,1-6H3. The molecule has 1 N–H and O–H groups in total. The Hall–Kier alpha value is -4.15. The predicted molar refractivity (Wildman–Crippen MR) is 138 cm³/mol. The molecule has 7 heteroatoms. The first-order valence-corrected chi connectivity index (χ1v) is 11.1. The molecular weight excluding hydrogens is 442 g/mol. The lowest BCUT2D eigenvalue weighted by Crippen LogP contribution is -2.41. The van der Waals surface area contributed by atoms with Crippen LogP contribution in [0.2, 0.25) is 0 Å². The molecule has 178 valence electrons. The van der Waals surface area contributed by atoms with Gasteiger partial charge in [0.05, 0.1) is 17.1 Å². The number of carbonyl (C=O) groups is 3. The van der Waals surface area contributed by atoms with E-state index in [4.69, 9.17) is 0 Å². The zero-order chi connectivity index (χ0) is 25.7. The molecule has 35 heavy (non-hydrogen) atoms. The van der Waals surface area contributed by atoms with E-state index in [0.717, 1.165) is 0 Å². The second-order valence-electron chi connectivity index (χ2n) is 9.38. The van der Waals surface area contributed by atoms with Crippen molar-refractivity contribution < 1.29 is 19.5 Å². The molecule has 7 nitrogen and oxygen atoms in total. The summed E-state index contributed by atoms with van der Waals surface area (Å²) < 4.78 is 0. The van der Waals surface area contributed by atoms with E-state index in [1.165, 1.54) is 9.80 Å². The lowest BCUT2D eigenvalue weighted by molar-refractivity contribution is -0.107. The number of aliphatic hydroxyl groups is 1. The Bertz CT molecular complexity index is 1430. The van der Waals surface area contributed by atoms with Gasteiger partial charge >= 0.3 is 0 Å². The van der Waals surface area contributed by atoms with Gasteiger partial charge in [-0.2, -0.15) is 0 Å². The highest BCUT2D eigenvalue weighted by molar-refractivity contribution is 6.36. The number of nitrogens with zero attached hydrogens (tertiary/aromatic N) is 3. The first-order chi connectivity index (χ1) is 16.4. The molecule has 1 aliphatic rings. The number of anilines is 3. The van der Waals surface area contributed by atoms with Crippen molar-refractivity contribution in [2.45, 2.75) is 26.4 Å². The summed E-state index contributed by atoms with van der Waals surface area (Å²) in [5, 5.41) is 11.3. The Balaban J connectivity index is 1.91. The second kappa shape index (κ2) is 8.57. The highest BCUT2D eigenvalue weighted by Gasteiger charge is 2.35. The zero-order valence-electron chi connectivity index (χ0n) is 20.6. The van der Waals surface area contributed by atoms with Gasteiger partial charge in [-0.05, 0) is 62.1 Å². The van der Waals surface area contributed by atoms with Gasteiger partial charge in [0, 0.05) is 43.2 Å². The van der Waals surface area contributed by atoms with Crippen LogP contribution in [-0.2, 0) is 4.79 Å². The van der Waals surface area contributed by atoms with Crippen molar-refractivity contribution in [3.05, 3.63) is 64.7 Å². The lowest BCUT2D eigenvalue weighted by Gasteiger charge is -2.31. The number of hydrogen-bond acceptors (Lipinski definition) is 5. The molecule has 0 aromatic heterocycles. The molecule has 0 saturated carbocycles. The fourth-order valence-electron chi connectivity index (χ4n) is 4.25. The quantitative estimate of drug-likeness (QED) is 0.358. The summed E-state index contributed by atoms with van der Waals surface area (Å²) in [5.74, 6) is 4.93. The predicted octanol–water partition coefficient (Wildman–Crippen LogP) is 3.73. The molecule has 3 aromatic rings. The summed E-state index contributed by atoms with van der Waals surface area (Å²) in [6.07, 6.45) is 0.716. The van der Waals surface area contributed by atoms with Crippen LogP contribution < -0.4 is 14.7 Å². The Kier molecular flexibility index (Phi) is 5.87. The molecule has 0 fully saturated rings. The van der Waals surface area contributed by atoms with Crippen LogP contribution in [0.15, 0.2) is 42.5 Å². The molecule has 3 amide bonds. The molecule has 0 radical (unpaired) electrons. The zero-order valence-corrected chi connectivity index (χ0v) is 20.6. The minimum absolute atomic E-state index is 0.406. The fourth-order valence-corrected chi connectivity index (χ4v) is 4.25. The summed E-state index contributed by atoms with van der Waals surface area (Å²) in [7, 11) is 5.33. The highest BCUT2D eigenvalue weighted by atomic mass is 16.3. The van der Waals surface area contributed by atoms with Gasteiger partial charge in [-0.1, -0.05) is 24.0 Å². The van der Waals surface area contributed by atoms with Crippen molar-refractivity contribution in [3.8, 4) is 11.8 Å². The monoisotopic (exact) mass is 469 g/mol. The minimum Gasteiger partial charge on any atom is -0.378 e. The fraction of sp³-hybridized carbons (Fsp3) is 0.250. The van der Waals surface area contributed by atoms with Gasteiger partial charge in [-0.15, -0.1) is 0 Å². The van der Waals surface area contributed by atoms with Crippen molar-refractivity contribution >= 4 is 46.1 Å². The van der Waals surface area contributed by atoms with Crippen LogP contribution in [0.1, 0.15) is 45.7 Å². The maximum absolute atomic E-state index is 13.7. The first-order valence-electron chi connectivity index (χ1n) is 11.1. The Morgan fingerprint density at radius 3 is 2.23 bits per heavy atom. The highest BCUT2D eigenvalue weighted by Crippen LogP contribution is 2.39. The third-order valence-electron chi connectivity index (χ3n) is 5.96. The van der Waals surface area contributed by atoms with Crippen molar-refractivity contribution in [1.29, 1.82) is 0 Å². The topological polar surface area (TPSA) is 81.2 Å². The lowest BCUT2D eigenvalue weighted by atomic mass is 9.90. The summed E-state index contributed by atoms with van der Waals surface area (Å²) in [6, 6.07) is 12.3. The Morgan fingerprint density at radius 2 is 1.63 bits per heavy atom. The maximum atomic E-state index is 13.7. The molecule has 4 rings (SSSR count). The van der Waals surface area contributed by atoms with Gasteiger partial charge in [-0.3, -0.25) is 14.4 Å². The number of amides is 3. The first kappa shape index (κ1) is 24.0. The Labute approximate surface area is 204 Å². The van der Waals surface area contributed by atoms with Crippen LogP contribution in [-0.4, -0.2) is 50.1 Å². The van der Waals surface area contributed by atoms with Crippen LogP contribution in [0.25, 0.3) is 10.8 Å². The van der Waals surface area contributed by atoms with Gasteiger partial charge in [0.1, 0.15) is 5.60 Å². The van der Waals surface area contributed by atoms with E-state index in [1.807, 2.05) is 32.0 Å². The average Bonchev–Trinajstić information content (AvgIpc) is 2.80. The van der Waals surface area contributed by atoms with Crippen LogP contribution in [0.4, 0.5) is 17.1 Å². The summed E-state index contributed by atoms with van der Waals surface area (Å²) in [6.45, 7) is 5.00. The molecule has 0 saturated heterocycles. The Morgan fingerprint density at radius 1 is 0.971 bits per heavy atom. The molecule has 0 spiro atoms. The van der Waals surface area contributed by atoms with Gasteiger partial charge < -0.3 is 14.9 Å². The molecule has 1 aliphatic heterocycles. The molecule has 0 aliphatic carbocycles. The SMILES string of the molecule is Cc1cc(N(C)C=O)c(N(C)C)cc1N1C(=O)c2cccc3c(C#CC(C)(C)O)ccc(c23)C1=O. The van der Waals surface area contributed by atoms with Crippen molar-refractivity contribution in [3.63, 3.8) is 0 Å². The maximum Gasteiger partial charge on any atom is 0.265 e. The summed E-state index contributed by atoms with van der Waals surface area (Å²) >= 11 is 0. The summed E-state index contributed by atoms with van der Waals surface area (Å²) in [5.41, 5.74) is 2.78. The van der Waals surface area contributed by atoms with Crippen molar-refractivity contribution in [2.24, 2.45) is 0 Å². The molecule has 0 bridgehead atoms.